The zero-order valence-corrected chi connectivity index (χ0v) is 11.0. The average molecular weight is 275 g/mol. The topological polar surface area (TPSA) is 64.1 Å². The molecule has 1 aliphatic carbocycles. The molecule has 0 radical (unpaired) electrons. The predicted molar refractivity (Wildman–Crippen MR) is 72.0 cm³/mol. The van der Waals surface area contributed by atoms with Crippen LogP contribution >= 0.6 is 11.3 Å². The van der Waals surface area contributed by atoms with Crippen LogP contribution < -0.4 is 10.1 Å². The minimum atomic E-state index is 0.0478. The fraction of sp³-hybridized carbons (Fsp3) is 0.308. The lowest BCUT2D eigenvalue weighted by atomic mass is 10.3. The lowest BCUT2D eigenvalue weighted by Crippen LogP contribution is -2.12. The first-order valence-corrected chi connectivity index (χ1v) is 6.94. The van der Waals surface area contributed by atoms with Gasteiger partial charge in [0.05, 0.1) is 0 Å². The van der Waals surface area contributed by atoms with Crippen molar-refractivity contribution >= 4 is 22.4 Å². The summed E-state index contributed by atoms with van der Waals surface area (Å²) in [6.07, 6.45) is 1.96. The molecule has 0 unspecified atom stereocenters. The van der Waals surface area contributed by atoms with E-state index in [4.69, 9.17) is 4.74 Å². The molecule has 0 aliphatic heterocycles. The third-order valence-corrected chi connectivity index (χ3v) is 3.56. The van der Waals surface area contributed by atoms with Crippen molar-refractivity contribution in [2.75, 3.05) is 5.32 Å². The minimum absolute atomic E-state index is 0.0478. The number of nitrogens with zero attached hydrogens (tertiary/aromatic N) is 2. The first-order chi connectivity index (χ1) is 9.31. The highest BCUT2D eigenvalue weighted by molar-refractivity contribution is 7.15. The summed E-state index contributed by atoms with van der Waals surface area (Å²) < 4.78 is 5.57. The van der Waals surface area contributed by atoms with E-state index in [-0.39, 0.29) is 11.8 Å². The Morgan fingerprint density at radius 1 is 1.32 bits per heavy atom. The van der Waals surface area contributed by atoms with Crippen LogP contribution in [0.25, 0.3) is 0 Å². The van der Waals surface area contributed by atoms with Crippen LogP contribution in [0.15, 0.2) is 30.3 Å². The highest BCUT2D eigenvalue weighted by Crippen LogP contribution is 2.30. The van der Waals surface area contributed by atoms with E-state index in [9.17, 15) is 4.79 Å². The van der Waals surface area contributed by atoms with Gasteiger partial charge in [-0.25, -0.2) is 0 Å². The number of rotatable bonds is 5. The Labute approximate surface area is 114 Å². The van der Waals surface area contributed by atoms with E-state index in [1.807, 2.05) is 30.3 Å². The summed E-state index contributed by atoms with van der Waals surface area (Å²) in [5, 5.41) is 12.0. The molecule has 6 heteroatoms. The van der Waals surface area contributed by atoms with Crippen LogP contribution in [0, 0.1) is 5.92 Å². The molecule has 1 saturated carbocycles. The number of anilines is 1. The van der Waals surface area contributed by atoms with E-state index in [1.165, 1.54) is 11.3 Å². The smallest absolute Gasteiger partial charge is 0.229 e. The summed E-state index contributed by atoms with van der Waals surface area (Å²) in [5.41, 5.74) is 0. The van der Waals surface area contributed by atoms with Gasteiger partial charge in [-0.05, 0) is 25.0 Å². The van der Waals surface area contributed by atoms with Crippen molar-refractivity contribution in [2.24, 2.45) is 5.92 Å². The molecule has 5 nitrogen and oxygen atoms in total. The number of nitrogens with one attached hydrogen (secondary N) is 1. The van der Waals surface area contributed by atoms with E-state index in [2.05, 4.69) is 15.5 Å². The zero-order valence-electron chi connectivity index (χ0n) is 10.2. The van der Waals surface area contributed by atoms with E-state index in [0.717, 1.165) is 23.6 Å². The molecule has 1 aliphatic rings. The summed E-state index contributed by atoms with van der Waals surface area (Å²) in [5.74, 6) is 1.01. The lowest BCUT2D eigenvalue weighted by Gasteiger charge is -2.01. The molecule has 0 saturated heterocycles. The minimum Gasteiger partial charge on any atom is -0.486 e. The maximum absolute atomic E-state index is 11.6. The molecule has 0 bridgehead atoms. The van der Waals surface area contributed by atoms with Gasteiger partial charge in [0.2, 0.25) is 11.0 Å². The monoisotopic (exact) mass is 275 g/mol. The van der Waals surface area contributed by atoms with Crippen molar-refractivity contribution in [3.05, 3.63) is 35.3 Å². The van der Waals surface area contributed by atoms with Crippen LogP contribution in [-0.2, 0) is 11.4 Å². The van der Waals surface area contributed by atoms with Gasteiger partial charge in [0.15, 0.2) is 5.01 Å². The third-order valence-electron chi connectivity index (χ3n) is 2.75. The van der Waals surface area contributed by atoms with Crippen LogP contribution in [0.1, 0.15) is 17.8 Å². The van der Waals surface area contributed by atoms with E-state index in [0.29, 0.717) is 11.7 Å². The van der Waals surface area contributed by atoms with Crippen molar-refractivity contribution in [1.82, 2.24) is 10.2 Å². The average Bonchev–Trinajstić information content (AvgIpc) is 3.20. The zero-order chi connectivity index (χ0) is 13.1. The maximum atomic E-state index is 11.6. The van der Waals surface area contributed by atoms with Crippen molar-refractivity contribution in [1.29, 1.82) is 0 Å². The molecular weight excluding hydrogens is 262 g/mol. The molecule has 19 heavy (non-hydrogen) atoms. The Morgan fingerprint density at radius 3 is 2.84 bits per heavy atom. The normalized spacial score (nSPS) is 14.1. The molecule has 1 fully saturated rings. The number of carbonyl (C=O) groups is 1. The largest absolute Gasteiger partial charge is 0.486 e. The molecule has 2 aromatic rings. The number of carbonyl (C=O) groups excluding carboxylic acids is 1. The number of hydrogen-bond acceptors (Lipinski definition) is 5. The summed E-state index contributed by atoms with van der Waals surface area (Å²) in [6.45, 7) is 0.362. The molecule has 1 aromatic carbocycles. The number of hydrogen-bond donors (Lipinski definition) is 1. The number of para-hydroxylation sites is 1. The Kier molecular flexibility index (Phi) is 3.41. The van der Waals surface area contributed by atoms with Crippen LogP contribution in [0.5, 0.6) is 5.75 Å². The predicted octanol–water partition coefficient (Wildman–Crippen LogP) is 2.47. The van der Waals surface area contributed by atoms with Gasteiger partial charge in [-0.15, -0.1) is 10.2 Å². The second kappa shape index (κ2) is 5.36. The van der Waals surface area contributed by atoms with Crippen molar-refractivity contribution in [3.63, 3.8) is 0 Å². The van der Waals surface area contributed by atoms with Gasteiger partial charge in [-0.3, -0.25) is 4.79 Å². The standard InChI is InChI=1S/C13H13N3O2S/c17-12(9-6-7-9)14-13-16-15-11(19-13)8-18-10-4-2-1-3-5-10/h1-5,9H,6-8H2,(H,14,16,17). The van der Waals surface area contributed by atoms with Gasteiger partial charge < -0.3 is 10.1 Å². The highest BCUT2D eigenvalue weighted by Gasteiger charge is 2.30. The van der Waals surface area contributed by atoms with Gasteiger partial charge in [-0.1, -0.05) is 29.5 Å². The number of amides is 1. The summed E-state index contributed by atoms with van der Waals surface area (Å²) in [6, 6.07) is 9.53. The number of aromatic nitrogens is 2. The molecule has 3 rings (SSSR count). The lowest BCUT2D eigenvalue weighted by molar-refractivity contribution is -0.117. The Bertz CT molecular complexity index is 566. The highest BCUT2D eigenvalue weighted by atomic mass is 32.1. The van der Waals surface area contributed by atoms with E-state index in [1.54, 1.807) is 0 Å². The fourth-order valence-corrected chi connectivity index (χ4v) is 2.23. The van der Waals surface area contributed by atoms with Crippen LogP contribution in [0.4, 0.5) is 5.13 Å². The molecule has 1 heterocycles. The second-order valence-electron chi connectivity index (χ2n) is 4.37. The van der Waals surface area contributed by atoms with E-state index >= 15 is 0 Å². The van der Waals surface area contributed by atoms with Crippen LogP contribution in [0.3, 0.4) is 0 Å². The van der Waals surface area contributed by atoms with Crippen molar-refractivity contribution in [3.8, 4) is 5.75 Å². The molecule has 98 valence electrons. The summed E-state index contributed by atoms with van der Waals surface area (Å²) >= 11 is 1.35. The van der Waals surface area contributed by atoms with Gasteiger partial charge >= 0.3 is 0 Å². The second-order valence-corrected chi connectivity index (χ2v) is 5.43. The molecule has 1 aromatic heterocycles. The van der Waals surface area contributed by atoms with Crippen molar-refractivity contribution < 1.29 is 9.53 Å². The maximum Gasteiger partial charge on any atom is 0.229 e. The molecule has 1 amide bonds. The first-order valence-electron chi connectivity index (χ1n) is 6.12. The fourth-order valence-electron chi connectivity index (χ4n) is 1.58. The van der Waals surface area contributed by atoms with Gasteiger partial charge in [0, 0.05) is 5.92 Å². The SMILES string of the molecule is O=C(Nc1nnc(COc2ccccc2)s1)C1CC1. The summed E-state index contributed by atoms with van der Waals surface area (Å²) in [4.78, 5) is 11.6. The van der Waals surface area contributed by atoms with Crippen LogP contribution in [-0.4, -0.2) is 16.1 Å². The van der Waals surface area contributed by atoms with Gasteiger partial charge in [-0.2, -0.15) is 0 Å². The van der Waals surface area contributed by atoms with Crippen LogP contribution in [0.2, 0.25) is 0 Å². The number of ether oxygens (including phenoxy) is 1. The first kappa shape index (κ1) is 12.1. The Morgan fingerprint density at radius 2 is 2.11 bits per heavy atom. The van der Waals surface area contributed by atoms with Gasteiger partial charge in [0.1, 0.15) is 12.4 Å². The van der Waals surface area contributed by atoms with Crippen molar-refractivity contribution in [2.45, 2.75) is 19.4 Å². The third kappa shape index (κ3) is 3.29. The molecular formula is C13H13N3O2S. The Balaban J connectivity index is 1.54. The van der Waals surface area contributed by atoms with Gasteiger partial charge in [0.25, 0.3) is 0 Å². The summed E-state index contributed by atoms with van der Waals surface area (Å²) in [7, 11) is 0. The molecule has 1 N–H and O–H groups in total. The number of benzene rings is 1. The molecule has 0 atom stereocenters. The molecule has 0 spiro atoms. The quantitative estimate of drug-likeness (QED) is 0.910. The van der Waals surface area contributed by atoms with E-state index < -0.39 is 0 Å². The Hall–Kier alpha value is -1.95.